The van der Waals surface area contributed by atoms with E-state index in [1.165, 1.54) is 12.1 Å². The molecular formula is C62H58O15. The molecule has 2 fully saturated rings. The molecule has 0 bridgehead atoms. The molecule has 2 saturated heterocycles. The Bertz CT molecular complexity index is 2920. The van der Waals surface area contributed by atoms with Crippen molar-refractivity contribution in [1.29, 1.82) is 0 Å². The van der Waals surface area contributed by atoms with Crippen molar-refractivity contribution in [2.75, 3.05) is 19.8 Å². The predicted octanol–water partition coefficient (Wildman–Crippen LogP) is 8.98. The van der Waals surface area contributed by atoms with Crippen LogP contribution in [0.1, 0.15) is 58.1 Å². The Labute approximate surface area is 446 Å². The van der Waals surface area contributed by atoms with Gasteiger partial charge in [-0.05, 0) is 65.2 Å². The van der Waals surface area contributed by atoms with Gasteiger partial charge in [0, 0.05) is 0 Å². The molecule has 0 unspecified atom stereocenters. The number of esters is 4. The highest BCUT2D eigenvalue weighted by atomic mass is 16.7. The molecule has 7 aromatic carbocycles. The predicted molar refractivity (Wildman–Crippen MR) is 279 cm³/mol. The Morgan fingerprint density at radius 1 is 0.351 bits per heavy atom. The van der Waals surface area contributed by atoms with Crippen LogP contribution in [-0.2, 0) is 67.2 Å². The van der Waals surface area contributed by atoms with Crippen molar-refractivity contribution in [3.8, 4) is 0 Å². The van der Waals surface area contributed by atoms with Crippen LogP contribution in [0.2, 0.25) is 0 Å². The van der Waals surface area contributed by atoms with Gasteiger partial charge >= 0.3 is 23.9 Å². The molecular weight excluding hydrogens is 985 g/mol. The molecule has 0 aromatic heterocycles. The number of ether oxygens (including phenoxy) is 10. The number of carbonyl (C=O) groups is 4. The third kappa shape index (κ3) is 14.8. The summed E-state index contributed by atoms with van der Waals surface area (Å²) in [6.07, 6.45) is -11.7. The number of rotatable bonds is 22. The van der Waals surface area contributed by atoms with Gasteiger partial charge in [-0.1, -0.05) is 164 Å². The highest BCUT2D eigenvalue weighted by Crippen LogP contribution is 2.36. The van der Waals surface area contributed by atoms with Crippen LogP contribution in [0.3, 0.4) is 0 Å². The molecule has 0 aliphatic carbocycles. The summed E-state index contributed by atoms with van der Waals surface area (Å²) in [5.41, 5.74) is 3.40. The second-order valence-electron chi connectivity index (χ2n) is 18.3. The maximum atomic E-state index is 14.1. The van der Waals surface area contributed by atoms with Crippen molar-refractivity contribution in [3.63, 3.8) is 0 Å². The van der Waals surface area contributed by atoms with Gasteiger partial charge < -0.3 is 52.5 Å². The van der Waals surface area contributed by atoms with E-state index in [9.17, 15) is 24.3 Å². The van der Waals surface area contributed by atoms with Gasteiger partial charge in [0.15, 0.2) is 24.8 Å². The largest absolute Gasteiger partial charge is 0.462 e. The van der Waals surface area contributed by atoms with E-state index in [1.807, 2.05) is 91.0 Å². The minimum Gasteiger partial charge on any atom is -0.462 e. The number of aliphatic hydroxyl groups excluding tert-OH is 1. The molecule has 7 aromatic rings. The van der Waals surface area contributed by atoms with E-state index in [2.05, 4.69) is 0 Å². The average molecular weight is 1040 g/mol. The third-order valence-corrected chi connectivity index (χ3v) is 13.0. The number of benzene rings is 7. The van der Waals surface area contributed by atoms with Crippen molar-refractivity contribution < 1.29 is 71.7 Å². The first kappa shape index (κ1) is 53.9. The lowest BCUT2D eigenvalue weighted by Crippen LogP contribution is -2.63. The van der Waals surface area contributed by atoms with Crippen molar-refractivity contribution in [2.24, 2.45) is 5.92 Å². The van der Waals surface area contributed by atoms with Gasteiger partial charge in [0.1, 0.15) is 37.6 Å². The lowest BCUT2D eigenvalue weighted by Gasteiger charge is -2.47. The minimum absolute atomic E-state index is 0.0711. The summed E-state index contributed by atoms with van der Waals surface area (Å²) in [6, 6.07) is 61.6. The molecule has 2 aliphatic rings. The Morgan fingerprint density at radius 3 is 1.16 bits per heavy atom. The van der Waals surface area contributed by atoms with E-state index in [1.54, 1.807) is 109 Å². The molecule has 77 heavy (non-hydrogen) atoms. The summed E-state index contributed by atoms with van der Waals surface area (Å²) in [5, 5.41) is 11.9. The molecule has 0 radical (unpaired) electrons. The molecule has 0 spiro atoms. The monoisotopic (exact) mass is 1040 g/mol. The zero-order chi connectivity index (χ0) is 53.2. The fraction of sp³-hybridized carbons (Fsp3) is 0.258. The summed E-state index contributed by atoms with van der Waals surface area (Å²) in [5.74, 6) is -4.14. The van der Waals surface area contributed by atoms with Crippen molar-refractivity contribution in [2.45, 2.75) is 75.1 Å². The normalized spacial score (nSPS) is 23.0. The number of aliphatic hydroxyl groups is 1. The van der Waals surface area contributed by atoms with E-state index < -0.39 is 98.3 Å². The highest BCUT2D eigenvalue weighted by molar-refractivity contribution is 5.91. The van der Waals surface area contributed by atoms with E-state index in [0.717, 1.165) is 16.7 Å². The Kier molecular flexibility index (Phi) is 19.1. The Morgan fingerprint density at radius 2 is 0.714 bits per heavy atom. The van der Waals surface area contributed by atoms with Crippen LogP contribution >= 0.6 is 0 Å². The number of carbonyl (C=O) groups excluding carboxylic acids is 4. The van der Waals surface area contributed by atoms with Gasteiger partial charge in [-0.2, -0.15) is 0 Å². The standard InChI is InChI=1S/C62H58O15/c63-57(45-28-14-4-15-29-45)71-39-49-50(74-61(67)55(77-60(66)48-34-20-7-21-35-48)52(49)76-59(65)47-32-18-6-19-33-47)40-73-62-56(70-38-44-26-12-3-13-27-44)54(69-37-43-24-10-2-11-25-43)53(68-36-42-22-8-1-9-23-42)51(75-62)41-72-58(64)46-30-16-5-17-31-46/h1-35,49-56,61-62,67H,36-41H2/t49-,50+,51-,52+,53-,54+,55-,56-,61-,62-/m1/s1. The summed E-state index contributed by atoms with van der Waals surface area (Å²) in [4.78, 5) is 55.1. The van der Waals surface area contributed by atoms with Crippen LogP contribution < -0.4 is 0 Å². The lowest BCUT2D eigenvalue weighted by atomic mass is 9.89. The molecule has 2 aliphatic heterocycles. The Hall–Kier alpha value is -7.86. The Balaban J connectivity index is 1.07. The molecule has 9 rings (SSSR count). The summed E-state index contributed by atoms with van der Waals surface area (Å²) in [7, 11) is 0. The average Bonchev–Trinajstić information content (AvgIpc) is 3.50. The van der Waals surface area contributed by atoms with E-state index >= 15 is 0 Å². The smallest absolute Gasteiger partial charge is 0.338 e. The maximum absolute atomic E-state index is 14.1. The first-order chi connectivity index (χ1) is 37.8. The molecule has 1 N–H and O–H groups in total. The van der Waals surface area contributed by atoms with Gasteiger partial charge in [-0.15, -0.1) is 0 Å². The SMILES string of the molecule is O=C(OC[C@H]1[C@H](OC(=O)c2ccccc2)[C@@H](OC(=O)c2ccccc2)[C@H](O)O[C@H]1CO[C@@H]1O[C@H](COC(=O)c2ccccc2)[C@@H](OCc2ccccc2)[C@H](OCc2ccccc2)[C@H]1OCc1ccccc1)c1ccccc1. The first-order valence-corrected chi connectivity index (χ1v) is 25.3. The zero-order valence-corrected chi connectivity index (χ0v) is 41.9. The van der Waals surface area contributed by atoms with Crippen LogP contribution in [0.15, 0.2) is 212 Å². The molecule has 0 amide bonds. The molecule has 15 heteroatoms. The van der Waals surface area contributed by atoms with Gasteiger partial charge in [0.2, 0.25) is 0 Å². The first-order valence-electron chi connectivity index (χ1n) is 25.3. The van der Waals surface area contributed by atoms with Gasteiger partial charge in [0.25, 0.3) is 0 Å². The topological polar surface area (TPSA) is 181 Å². The fourth-order valence-electron chi connectivity index (χ4n) is 9.00. The number of hydrogen-bond acceptors (Lipinski definition) is 15. The van der Waals surface area contributed by atoms with Gasteiger partial charge in [-0.25, -0.2) is 19.2 Å². The second-order valence-corrected chi connectivity index (χ2v) is 18.3. The highest BCUT2D eigenvalue weighted by Gasteiger charge is 2.53. The maximum Gasteiger partial charge on any atom is 0.338 e. The van der Waals surface area contributed by atoms with Crippen LogP contribution in [0.4, 0.5) is 0 Å². The second kappa shape index (κ2) is 27.3. The van der Waals surface area contributed by atoms with E-state index in [-0.39, 0.29) is 43.1 Å². The van der Waals surface area contributed by atoms with Crippen LogP contribution in [-0.4, -0.2) is 104 Å². The lowest BCUT2D eigenvalue weighted by molar-refractivity contribution is -0.339. The quantitative estimate of drug-likeness (QED) is 0.0502. The summed E-state index contributed by atoms with van der Waals surface area (Å²) >= 11 is 0. The molecule has 10 atom stereocenters. The van der Waals surface area contributed by atoms with Crippen LogP contribution in [0.25, 0.3) is 0 Å². The van der Waals surface area contributed by atoms with Gasteiger partial charge in [0.05, 0.1) is 60.7 Å². The fourth-order valence-corrected chi connectivity index (χ4v) is 9.00. The molecule has 2 heterocycles. The summed E-state index contributed by atoms with van der Waals surface area (Å²) in [6.45, 7) is -0.924. The molecule has 15 nitrogen and oxygen atoms in total. The zero-order valence-electron chi connectivity index (χ0n) is 41.9. The molecule has 396 valence electrons. The summed E-state index contributed by atoms with van der Waals surface area (Å²) < 4.78 is 64.4. The molecule has 0 saturated carbocycles. The minimum atomic E-state index is -1.91. The van der Waals surface area contributed by atoms with Crippen LogP contribution in [0, 0.1) is 5.92 Å². The van der Waals surface area contributed by atoms with E-state index in [0.29, 0.717) is 5.56 Å². The third-order valence-electron chi connectivity index (χ3n) is 13.0. The van der Waals surface area contributed by atoms with Crippen LogP contribution in [0.5, 0.6) is 0 Å². The number of hydrogen-bond donors (Lipinski definition) is 1. The van der Waals surface area contributed by atoms with E-state index in [4.69, 9.17) is 47.4 Å². The van der Waals surface area contributed by atoms with Gasteiger partial charge in [-0.3, -0.25) is 0 Å². The van der Waals surface area contributed by atoms with Crippen molar-refractivity contribution in [1.82, 2.24) is 0 Å². The van der Waals surface area contributed by atoms with Crippen molar-refractivity contribution in [3.05, 3.63) is 251 Å². The van der Waals surface area contributed by atoms with Crippen molar-refractivity contribution >= 4 is 23.9 Å².